The minimum absolute atomic E-state index is 0.0997. The zero-order chi connectivity index (χ0) is 19.6. The smallest absolute Gasteiger partial charge is 0.265 e. The molecule has 0 unspecified atom stereocenters. The van der Waals surface area contributed by atoms with Gasteiger partial charge >= 0.3 is 0 Å². The van der Waals surface area contributed by atoms with Gasteiger partial charge in [-0.3, -0.25) is 9.59 Å². The van der Waals surface area contributed by atoms with Crippen molar-refractivity contribution in [2.45, 2.75) is 6.92 Å². The van der Waals surface area contributed by atoms with Crippen molar-refractivity contribution in [2.75, 3.05) is 30.9 Å². The molecule has 1 aromatic heterocycles. The van der Waals surface area contributed by atoms with Gasteiger partial charge in [-0.25, -0.2) is 0 Å². The molecule has 0 fully saturated rings. The summed E-state index contributed by atoms with van der Waals surface area (Å²) in [4.78, 5) is 27.9. The summed E-state index contributed by atoms with van der Waals surface area (Å²) < 4.78 is 7.00. The van der Waals surface area contributed by atoms with E-state index in [2.05, 4.69) is 5.32 Å². The van der Waals surface area contributed by atoms with Gasteiger partial charge in [-0.15, -0.1) is 0 Å². The quantitative estimate of drug-likeness (QED) is 0.754. The molecule has 2 aromatic carbocycles. The molecule has 0 saturated heterocycles. The number of carbonyl (C=O) groups is 1. The molecule has 1 N–H and O–H groups in total. The maximum atomic E-state index is 13.3. The highest BCUT2D eigenvalue weighted by atomic mass is 16.5. The van der Waals surface area contributed by atoms with Gasteiger partial charge < -0.3 is 19.5 Å². The summed E-state index contributed by atoms with van der Waals surface area (Å²) in [6.07, 6.45) is 0. The van der Waals surface area contributed by atoms with E-state index in [4.69, 9.17) is 4.74 Å². The predicted octanol–water partition coefficient (Wildman–Crippen LogP) is 3.26. The van der Waals surface area contributed by atoms with E-state index >= 15 is 0 Å². The fourth-order valence-electron chi connectivity index (χ4n) is 3.22. The molecular weight excluding hydrogens is 342 g/mol. The van der Waals surface area contributed by atoms with E-state index in [1.165, 1.54) is 9.47 Å². The second kappa shape index (κ2) is 7.53. The van der Waals surface area contributed by atoms with Gasteiger partial charge in [-0.1, -0.05) is 24.3 Å². The van der Waals surface area contributed by atoms with Crippen LogP contribution in [0.25, 0.3) is 10.9 Å². The lowest BCUT2D eigenvalue weighted by atomic mass is 10.1. The zero-order valence-electron chi connectivity index (χ0n) is 15.9. The number of carbonyl (C=O) groups excluding carboxylic acids is 1. The lowest BCUT2D eigenvalue weighted by Crippen LogP contribution is -2.35. The monoisotopic (exact) mass is 365 g/mol. The van der Waals surface area contributed by atoms with Crippen LogP contribution in [0, 0.1) is 0 Å². The number of benzene rings is 2. The van der Waals surface area contributed by atoms with E-state index in [1.807, 2.05) is 55.5 Å². The minimum Gasteiger partial charge on any atom is -0.496 e. The molecule has 27 heavy (non-hydrogen) atoms. The molecule has 0 aliphatic rings. The van der Waals surface area contributed by atoms with Crippen LogP contribution in [-0.4, -0.2) is 31.2 Å². The normalized spacial score (nSPS) is 10.7. The number of amides is 1. The first kappa shape index (κ1) is 18.5. The third-order valence-electron chi connectivity index (χ3n) is 4.62. The number of anilines is 2. The highest BCUT2D eigenvalue weighted by Gasteiger charge is 2.26. The molecule has 0 spiro atoms. The second-order valence-electron chi connectivity index (χ2n) is 6.20. The number of pyridine rings is 1. The Morgan fingerprint density at radius 3 is 2.48 bits per heavy atom. The highest BCUT2D eigenvalue weighted by molar-refractivity contribution is 6.14. The molecule has 0 saturated carbocycles. The summed E-state index contributed by atoms with van der Waals surface area (Å²) in [6.45, 7) is 2.49. The van der Waals surface area contributed by atoms with Crippen LogP contribution in [0.2, 0.25) is 0 Å². The third-order valence-corrected chi connectivity index (χ3v) is 4.62. The number of hydrogen-bond acceptors (Lipinski definition) is 4. The largest absolute Gasteiger partial charge is 0.496 e. The number of aromatic nitrogens is 1. The van der Waals surface area contributed by atoms with Crippen molar-refractivity contribution < 1.29 is 9.53 Å². The molecule has 0 bridgehead atoms. The van der Waals surface area contributed by atoms with E-state index < -0.39 is 0 Å². The number of hydrogen-bond donors (Lipinski definition) is 1. The average Bonchev–Trinajstić information content (AvgIpc) is 2.71. The Labute approximate surface area is 158 Å². The van der Waals surface area contributed by atoms with Gasteiger partial charge in [0.15, 0.2) is 0 Å². The molecule has 140 valence electrons. The van der Waals surface area contributed by atoms with Gasteiger partial charge in [-0.2, -0.15) is 0 Å². The minimum atomic E-state index is -0.370. The van der Waals surface area contributed by atoms with Crippen molar-refractivity contribution in [3.05, 3.63) is 64.4 Å². The number of methoxy groups -OCH3 is 1. The Morgan fingerprint density at radius 2 is 1.85 bits per heavy atom. The first-order chi connectivity index (χ1) is 13.0. The van der Waals surface area contributed by atoms with E-state index in [-0.39, 0.29) is 17.0 Å². The second-order valence-corrected chi connectivity index (χ2v) is 6.20. The number of para-hydroxylation sites is 1. The van der Waals surface area contributed by atoms with Crippen molar-refractivity contribution in [3.63, 3.8) is 0 Å². The summed E-state index contributed by atoms with van der Waals surface area (Å²) in [6, 6.07) is 14.7. The Hall–Kier alpha value is -3.28. The fraction of sp³-hybridized carbons (Fsp3) is 0.238. The molecule has 1 heterocycles. The van der Waals surface area contributed by atoms with Crippen LogP contribution in [-0.2, 0) is 7.05 Å². The van der Waals surface area contributed by atoms with Crippen LogP contribution in [0.1, 0.15) is 17.3 Å². The standard InChI is InChI=1S/C21H23N3O3/c1-5-22-19-17-15(12-9-13-16(17)27-4)24(3)21(26)18(19)20(25)23(2)14-10-7-6-8-11-14/h6-13,22H,5H2,1-4H3. The average molecular weight is 365 g/mol. The molecular formula is C21H23N3O3. The molecule has 0 atom stereocenters. The molecule has 6 heteroatoms. The van der Waals surface area contributed by atoms with Crippen LogP contribution in [0.15, 0.2) is 53.3 Å². The van der Waals surface area contributed by atoms with Gasteiger partial charge in [0, 0.05) is 26.3 Å². The van der Waals surface area contributed by atoms with E-state index in [9.17, 15) is 9.59 Å². The first-order valence-electron chi connectivity index (χ1n) is 8.77. The Morgan fingerprint density at radius 1 is 1.15 bits per heavy atom. The maximum Gasteiger partial charge on any atom is 0.265 e. The molecule has 3 aromatic rings. The van der Waals surface area contributed by atoms with Gasteiger partial charge in [0.1, 0.15) is 11.3 Å². The lowest BCUT2D eigenvalue weighted by Gasteiger charge is -2.22. The SMILES string of the molecule is CCNc1c(C(=O)N(C)c2ccccc2)c(=O)n(C)c2cccc(OC)c12. The van der Waals surface area contributed by atoms with Crippen molar-refractivity contribution in [1.82, 2.24) is 4.57 Å². The van der Waals surface area contributed by atoms with Crippen LogP contribution in [0.5, 0.6) is 5.75 Å². The lowest BCUT2D eigenvalue weighted by molar-refractivity contribution is 0.0992. The predicted molar refractivity (Wildman–Crippen MR) is 109 cm³/mol. The van der Waals surface area contributed by atoms with E-state index in [1.54, 1.807) is 21.2 Å². The Kier molecular flexibility index (Phi) is 5.16. The van der Waals surface area contributed by atoms with Gasteiger partial charge in [0.05, 0.1) is 23.7 Å². The molecule has 0 aliphatic heterocycles. The maximum absolute atomic E-state index is 13.3. The van der Waals surface area contributed by atoms with Gasteiger partial charge in [0.2, 0.25) is 0 Å². The number of aryl methyl sites for hydroxylation is 1. The summed E-state index contributed by atoms with van der Waals surface area (Å²) in [7, 11) is 4.91. The molecule has 0 radical (unpaired) electrons. The van der Waals surface area contributed by atoms with Crippen molar-refractivity contribution in [3.8, 4) is 5.75 Å². The first-order valence-corrected chi connectivity index (χ1v) is 8.77. The third kappa shape index (κ3) is 3.14. The number of ether oxygens (including phenoxy) is 1. The summed E-state index contributed by atoms with van der Waals surface area (Å²) in [5.41, 5.74) is 1.67. The number of nitrogens with zero attached hydrogens (tertiary/aromatic N) is 2. The molecule has 3 rings (SSSR count). The number of rotatable bonds is 5. The van der Waals surface area contributed by atoms with Gasteiger partial charge in [0.25, 0.3) is 11.5 Å². The van der Waals surface area contributed by atoms with E-state index in [0.717, 1.165) is 0 Å². The van der Waals surface area contributed by atoms with Crippen LogP contribution >= 0.6 is 0 Å². The topological polar surface area (TPSA) is 63.6 Å². The number of nitrogens with one attached hydrogen (secondary N) is 1. The number of fused-ring (bicyclic) bond motifs is 1. The summed E-state index contributed by atoms with van der Waals surface area (Å²) >= 11 is 0. The summed E-state index contributed by atoms with van der Waals surface area (Å²) in [5, 5.41) is 3.92. The van der Waals surface area contributed by atoms with Gasteiger partial charge in [-0.05, 0) is 31.2 Å². The van der Waals surface area contributed by atoms with Crippen LogP contribution in [0.3, 0.4) is 0 Å². The Balaban J connectivity index is 2.32. The molecule has 0 aliphatic carbocycles. The van der Waals surface area contributed by atoms with Crippen molar-refractivity contribution in [1.29, 1.82) is 0 Å². The molecule has 6 nitrogen and oxygen atoms in total. The Bertz CT molecular complexity index is 1040. The summed E-state index contributed by atoms with van der Waals surface area (Å²) in [5.74, 6) is 0.237. The van der Waals surface area contributed by atoms with Crippen LogP contribution in [0.4, 0.5) is 11.4 Å². The fourth-order valence-corrected chi connectivity index (χ4v) is 3.22. The van der Waals surface area contributed by atoms with Crippen molar-refractivity contribution >= 4 is 28.2 Å². The van der Waals surface area contributed by atoms with Crippen LogP contribution < -0.4 is 20.5 Å². The highest BCUT2D eigenvalue weighted by Crippen LogP contribution is 2.34. The van der Waals surface area contributed by atoms with Crippen molar-refractivity contribution in [2.24, 2.45) is 7.05 Å². The zero-order valence-corrected chi connectivity index (χ0v) is 15.9. The molecule has 1 amide bonds. The van der Waals surface area contributed by atoms with E-state index in [0.29, 0.717) is 34.6 Å².